The van der Waals surface area contributed by atoms with Crippen LogP contribution < -0.4 is 10.1 Å². The average molecular weight is 404 g/mol. The molecule has 1 N–H and O–H groups in total. The van der Waals surface area contributed by atoms with Crippen LogP contribution in [-0.2, 0) is 14.9 Å². The van der Waals surface area contributed by atoms with Crippen LogP contribution in [0, 0.1) is 5.92 Å². The van der Waals surface area contributed by atoms with Crippen LogP contribution in [0.15, 0.2) is 29.3 Å². The Balaban J connectivity index is 1.59. The van der Waals surface area contributed by atoms with Gasteiger partial charge in [0.2, 0.25) is 0 Å². The minimum Gasteiger partial charge on any atom is -0.496 e. The molecule has 1 heterocycles. The third-order valence-corrected chi connectivity index (χ3v) is 6.41. The molecule has 1 saturated heterocycles. The quantitative estimate of drug-likeness (QED) is 0.390. The van der Waals surface area contributed by atoms with Gasteiger partial charge in [0.25, 0.3) is 0 Å². The van der Waals surface area contributed by atoms with Crippen molar-refractivity contribution in [2.24, 2.45) is 10.9 Å². The van der Waals surface area contributed by atoms with Crippen LogP contribution in [0.1, 0.15) is 37.7 Å². The van der Waals surface area contributed by atoms with Gasteiger partial charge < -0.3 is 24.4 Å². The standard InChI is InChI=1S/C23H37N3O3/c1-24-22(26-13-10-19(16-26)17-29-15-14-27-2)25-18-23(11-6-7-12-23)20-8-4-5-9-21(20)28-3/h4-5,8-9,19H,6-7,10-18H2,1-3H3,(H,24,25). The number of nitrogens with one attached hydrogen (secondary N) is 1. The van der Waals surface area contributed by atoms with Gasteiger partial charge in [-0.15, -0.1) is 0 Å². The van der Waals surface area contributed by atoms with Gasteiger partial charge in [-0.2, -0.15) is 0 Å². The maximum atomic E-state index is 5.73. The number of guanidine groups is 1. The maximum Gasteiger partial charge on any atom is 0.193 e. The molecule has 6 heteroatoms. The van der Waals surface area contributed by atoms with E-state index < -0.39 is 0 Å². The fourth-order valence-corrected chi connectivity index (χ4v) is 4.81. The molecule has 29 heavy (non-hydrogen) atoms. The van der Waals surface area contributed by atoms with Gasteiger partial charge >= 0.3 is 0 Å². The summed E-state index contributed by atoms with van der Waals surface area (Å²) in [6.07, 6.45) is 6.05. The molecule has 0 bridgehead atoms. The zero-order valence-electron chi connectivity index (χ0n) is 18.3. The molecule has 1 aliphatic carbocycles. The molecule has 1 aromatic rings. The molecule has 0 radical (unpaired) electrons. The molecule has 1 aromatic carbocycles. The summed E-state index contributed by atoms with van der Waals surface area (Å²) in [7, 11) is 5.36. The summed E-state index contributed by atoms with van der Waals surface area (Å²) in [5, 5.41) is 3.70. The zero-order valence-corrected chi connectivity index (χ0v) is 18.3. The molecule has 1 unspecified atom stereocenters. The average Bonchev–Trinajstić information content (AvgIpc) is 3.42. The van der Waals surface area contributed by atoms with Crippen LogP contribution in [0.5, 0.6) is 5.75 Å². The summed E-state index contributed by atoms with van der Waals surface area (Å²) >= 11 is 0. The first kappa shape index (κ1) is 21.9. The Labute approximate surface area is 175 Å². The van der Waals surface area contributed by atoms with E-state index in [0.29, 0.717) is 19.1 Å². The van der Waals surface area contributed by atoms with Crippen molar-refractivity contribution in [1.82, 2.24) is 10.2 Å². The predicted octanol–water partition coefficient (Wildman–Crippen LogP) is 3.07. The lowest BCUT2D eigenvalue weighted by Crippen LogP contribution is -2.46. The van der Waals surface area contributed by atoms with Gasteiger partial charge in [0.15, 0.2) is 5.96 Å². The van der Waals surface area contributed by atoms with E-state index in [4.69, 9.17) is 14.2 Å². The molecule has 1 atom stereocenters. The topological polar surface area (TPSA) is 55.3 Å². The van der Waals surface area contributed by atoms with E-state index in [2.05, 4.69) is 39.5 Å². The molecule has 6 nitrogen and oxygen atoms in total. The molecule has 0 amide bonds. The number of likely N-dealkylation sites (tertiary alicyclic amines) is 1. The number of ether oxygens (including phenoxy) is 3. The summed E-state index contributed by atoms with van der Waals surface area (Å²) in [5.74, 6) is 2.56. The number of nitrogens with zero attached hydrogens (tertiary/aromatic N) is 2. The highest BCUT2D eigenvalue weighted by Gasteiger charge is 2.38. The largest absolute Gasteiger partial charge is 0.496 e. The highest BCUT2D eigenvalue weighted by Crippen LogP contribution is 2.44. The van der Waals surface area contributed by atoms with Crippen LogP contribution in [-0.4, -0.2) is 71.6 Å². The number of benzene rings is 1. The number of hydrogen-bond donors (Lipinski definition) is 1. The number of rotatable bonds is 9. The summed E-state index contributed by atoms with van der Waals surface area (Å²) in [5.41, 5.74) is 1.44. The lowest BCUT2D eigenvalue weighted by molar-refractivity contribution is 0.0536. The second-order valence-corrected chi connectivity index (χ2v) is 8.26. The molecule has 1 saturated carbocycles. The number of methoxy groups -OCH3 is 2. The van der Waals surface area contributed by atoms with Crippen molar-refractivity contribution >= 4 is 5.96 Å². The Bertz CT molecular complexity index is 659. The normalized spacial score (nSPS) is 21.6. The van der Waals surface area contributed by atoms with E-state index in [1.165, 1.54) is 31.2 Å². The monoisotopic (exact) mass is 403 g/mol. The summed E-state index contributed by atoms with van der Waals surface area (Å²) < 4.78 is 16.5. The minimum absolute atomic E-state index is 0.116. The summed E-state index contributed by atoms with van der Waals surface area (Å²) in [6, 6.07) is 8.49. The van der Waals surface area contributed by atoms with Gasteiger partial charge in [-0.05, 0) is 25.3 Å². The lowest BCUT2D eigenvalue weighted by atomic mass is 9.78. The molecule has 162 valence electrons. The number of hydrogen-bond acceptors (Lipinski definition) is 4. The van der Waals surface area contributed by atoms with Gasteiger partial charge in [0.05, 0.1) is 26.9 Å². The van der Waals surface area contributed by atoms with Gasteiger partial charge in [-0.1, -0.05) is 31.0 Å². The van der Waals surface area contributed by atoms with Crippen LogP contribution >= 0.6 is 0 Å². The molecule has 2 fully saturated rings. The third-order valence-electron chi connectivity index (χ3n) is 6.41. The smallest absolute Gasteiger partial charge is 0.193 e. The Morgan fingerprint density at radius 2 is 2.00 bits per heavy atom. The highest BCUT2D eigenvalue weighted by molar-refractivity contribution is 5.80. The third kappa shape index (κ3) is 5.43. The first-order valence-corrected chi connectivity index (χ1v) is 10.9. The van der Waals surface area contributed by atoms with Crippen molar-refractivity contribution in [1.29, 1.82) is 0 Å². The number of para-hydroxylation sites is 1. The van der Waals surface area contributed by atoms with Crippen molar-refractivity contribution in [3.8, 4) is 5.75 Å². The van der Waals surface area contributed by atoms with Gasteiger partial charge in [-0.25, -0.2) is 0 Å². The predicted molar refractivity (Wildman–Crippen MR) is 117 cm³/mol. The van der Waals surface area contributed by atoms with Crippen molar-refractivity contribution in [2.75, 3.05) is 60.7 Å². The van der Waals surface area contributed by atoms with Crippen molar-refractivity contribution in [3.63, 3.8) is 0 Å². The molecule has 0 aromatic heterocycles. The maximum absolute atomic E-state index is 5.73. The van der Waals surface area contributed by atoms with Crippen LogP contribution in [0.4, 0.5) is 0 Å². The second-order valence-electron chi connectivity index (χ2n) is 8.26. The van der Waals surface area contributed by atoms with Crippen molar-refractivity contribution < 1.29 is 14.2 Å². The first-order valence-electron chi connectivity index (χ1n) is 10.9. The minimum atomic E-state index is 0.116. The van der Waals surface area contributed by atoms with E-state index in [0.717, 1.165) is 44.4 Å². The van der Waals surface area contributed by atoms with Gasteiger partial charge in [-0.3, -0.25) is 4.99 Å². The fraction of sp³-hybridized carbons (Fsp3) is 0.696. The van der Waals surface area contributed by atoms with E-state index in [1.807, 2.05) is 7.05 Å². The summed E-state index contributed by atoms with van der Waals surface area (Å²) in [6.45, 7) is 5.04. The number of aliphatic imine (C=N–C) groups is 1. The molecular weight excluding hydrogens is 366 g/mol. The van der Waals surface area contributed by atoms with Gasteiger partial charge in [0, 0.05) is 50.7 Å². The molecule has 0 spiro atoms. The Kier molecular flexibility index (Phi) is 8.19. The van der Waals surface area contributed by atoms with Crippen molar-refractivity contribution in [3.05, 3.63) is 29.8 Å². The fourth-order valence-electron chi connectivity index (χ4n) is 4.81. The first-order chi connectivity index (χ1) is 14.2. The SMILES string of the molecule is CN=C(NCC1(c2ccccc2OC)CCCC1)N1CCC(COCCOC)C1. The Morgan fingerprint density at radius 1 is 1.21 bits per heavy atom. The van der Waals surface area contributed by atoms with Crippen LogP contribution in [0.2, 0.25) is 0 Å². The zero-order chi connectivity index (χ0) is 20.5. The van der Waals surface area contributed by atoms with E-state index in [1.54, 1.807) is 14.2 Å². The lowest BCUT2D eigenvalue weighted by Gasteiger charge is -2.33. The van der Waals surface area contributed by atoms with Crippen LogP contribution in [0.25, 0.3) is 0 Å². The van der Waals surface area contributed by atoms with E-state index in [-0.39, 0.29) is 5.41 Å². The highest BCUT2D eigenvalue weighted by atomic mass is 16.5. The summed E-state index contributed by atoms with van der Waals surface area (Å²) in [4.78, 5) is 6.95. The van der Waals surface area contributed by atoms with Crippen LogP contribution in [0.3, 0.4) is 0 Å². The molecular formula is C23H37N3O3. The van der Waals surface area contributed by atoms with E-state index in [9.17, 15) is 0 Å². The Hall–Kier alpha value is -1.79. The van der Waals surface area contributed by atoms with Crippen molar-refractivity contribution in [2.45, 2.75) is 37.5 Å². The molecule has 2 aliphatic rings. The second kappa shape index (κ2) is 10.8. The Morgan fingerprint density at radius 3 is 2.72 bits per heavy atom. The van der Waals surface area contributed by atoms with Gasteiger partial charge in [0.1, 0.15) is 5.75 Å². The molecule has 1 aliphatic heterocycles. The molecule has 3 rings (SSSR count). The van der Waals surface area contributed by atoms with E-state index >= 15 is 0 Å².